The van der Waals surface area contributed by atoms with E-state index in [0.29, 0.717) is 23.7 Å². The van der Waals surface area contributed by atoms with E-state index >= 15 is 0 Å². The number of nitrogens with one attached hydrogen (secondary N) is 1. The Hall–Kier alpha value is -3.47. The first-order valence-electron chi connectivity index (χ1n) is 9.69. The summed E-state index contributed by atoms with van der Waals surface area (Å²) in [6, 6.07) is 3.58. The summed E-state index contributed by atoms with van der Waals surface area (Å²) >= 11 is 0. The highest BCUT2D eigenvalue weighted by Crippen LogP contribution is 2.38. The normalized spacial score (nSPS) is 14.2. The Morgan fingerprint density at radius 2 is 1.91 bits per heavy atom. The van der Waals surface area contributed by atoms with Crippen LogP contribution in [0, 0.1) is 0 Å². The van der Waals surface area contributed by atoms with E-state index in [2.05, 4.69) is 10.3 Å². The molecule has 1 aromatic carbocycles. The molecule has 0 aliphatic carbocycles. The first-order valence-corrected chi connectivity index (χ1v) is 11.7. The number of amides is 3. The van der Waals surface area contributed by atoms with Gasteiger partial charge in [-0.25, -0.2) is 8.42 Å². The second-order valence-electron chi connectivity index (χ2n) is 7.22. The Balaban J connectivity index is 2.13. The van der Waals surface area contributed by atoms with Crippen LogP contribution in [0.2, 0.25) is 0 Å². The molecule has 1 N–H and O–H groups in total. The van der Waals surface area contributed by atoms with Crippen LogP contribution in [0.1, 0.15) is 46.2 Å². The fourth-order valence-electron chi connectivity index (χ4n) is 3.54. The molecule has 1 unspecified atom stereocenters. The smallest absolute Gasteiger partial charge is 0.264 e. The zero-order chi connectivity index (χ0) is 23.6. The third-order valence-electron chi connectivity index (χ3n) is 4.78. The van der Waals surface area contributed by atoms with Crippen LogP contribution in [0.15, 0.2) is 30.6 Å². The Bertz CT molecular complexity index is 1190. The molecule has 0 spiro atoms. The van der Waals surface area contributed by atoms with Gasteiger partial charge >= 0.3 is 0 Å². The van der Waals surface area contributed by atoms with E-state index in [1.807, 2.05) is 0 Å². The SMILES string of the molecule is CCOc1cc(C(CS(C)(=O)=O)N2C(=O)c3cncc(NC(C)=O)c3C2=O)ccc1OC. The number of carbonyl (C=O) groups excluding carboxylic acids is 3. The van der Waals surface area contributed by atoms with Gasteiger partial charge in [-0.2, -0.15) is 0 Å². The van der Waals surface area contributed by atoms with Crippen molar-refractivity contribution in [2.24, 2.45) is 0 Å². The second kappa shape index (κ2) is 8.95. The molecule has 1 atom stereocenters. The van der Waals surface area contributed by atoms with Crippen molar-refractivity contribution in [3.63, 3.8) is 0 Å². The molecule has 3 amide bonds. The molecule has 2 heterocycles. The van der Waals surface area contributed by atoms with Crippen molar-refractivity contribution < 1.29 is 32.3 Å². The highest BCUT2D eigenvalue weighted by Gasteiger charge is 2.43. The van der Waals surface area contributed by atoms with Crippen LogP contribution in [0.4, 0.5) is 5.69 Å². The number of hydrogen-bond acceptors (Lipinski definition) is 8. The van der Waals surface area contributed by atoms with Crippen molar-refractivity contribution in [2.45, 2.75) is 19.9 Å². The highest BCUT2D eigenvalue weighted by atomic mass is 32.2. The van der Waals surface area contributed by atoms with Gasteiger partial charge in [0.2, 0.25) is 5.91 Å². The number of rotatable bonds is 8. The molecule has 11 heteroatoms. The third kappa shape index (κ3) is 4.57. The average Bonchev–Trinajstić information content (AvgIpc) is 2.96. The van der Waals surface area contributed by atoms with Gasteiger partial charge in [-0.15, -0.1) is 0 Å². The minimum Gasteiger partial charge on any atom is -0.493 e. The summed E-state index contributed by atoms with van der Waals surface area (Å²) in [5.41, 5.74) is 0.414. The van der Waals surface area contributed by atoms with Crippen LogP contribution in [-0.4, -0.2) is 61.7 Å². The summed E-state index contributed by atoms with van der Waals surface area (Å²) in [6.45, 7) is 3.37. The molecular formula is C21H23N3O7S. The fourth-order valence-corrected chi connectivity index (χ4v) is 4.45. The van der Waals surface area contributed by atoms with Crippen LogP contribution in [0.5, 0.6) is 11.5 Å². The van der Waals surface area contributed by atoms with Gasteiger partial charge in [-0.1, -0.05) is 6.07 Å². The van der Waals surface area contributed by atoms with Crippen LogP contribution in [0.25, 0.3) is 0 Å². The Labute approximate surface area is 185 Å². The molecule has 0 fully saturated rings. The lowest BCUT2D eigenvalue weighted by molar-refractivity contribution is -0.114. The van der Waals surface area contributed by atoms with Crippen molar-refractivity contribution >= 4 is 33.2 Å². The maximum absolute atomic E-state index is 13.3. The molecule has 0 saturated carbocycles. The number of nitrogens with zero attached hydrogens (tertiary/aromatic N) is 2. The molecule has 10 nitrogen and oxygen atoms in total. The third-order valence-corrected chi connectivity index (χ3v) is 5.70. The quantitative estimate of drug-likeness (QED) is 0.589. The van der Waals surface area contributed by atoms with Crippen molar-refractivity contribution in [3.8, 4) is 11.5 Å². The van der Waals surface area contributed by atoms with Gasteiger partial charge in [0.25, 0.3) is 11.8 Å². The van der Waals surface area contributed by atoms with Crippen LogP contribution in [0.3, 0.4) is 0 Å². The van der Waals surface area contributed by atoms with Crippen molar-refractivity contribution in [2.75, 3.05) is 31.0 Å². The topological polar surface area (TPSA) is 132 Å². The number of benzene rings is 1. The first kappa shape index (κ1) is 23.2. The van der Waals surface area contributed by atoms with E-state index in [-0.39, 0.29) is 16.8 Å². The second-order valence-corrected chi connectivity index (χ2v) is 9.41. The fraction of sp³-hybridized carbons (Fsp3) is 0.333. The minimum atomic E-state index is -3.62. The summed E-state index contributed by atoms with van der Waals surface area (Å²) in [4.78, 5) is 42.8. The summed E-state index contributed by atoms with van der Waals surface area (Å²) in [5, 5.41) is 2.49. The Morgan fingerprint density at radius 3 is 2.50 bits per heavy atom. The number of aromatic nitrogens is 1. The van der Waals surface area contributed by atoms with E-state index in [0.717, 1.165) is 11.2 Å². The molecule has 0 radical (unpaired) electrons. The van der Waals surface area contributed by atoms with Gasteiger partial charge in [0.1, 0.15) is 9.84 Å². The summed E-state index contributed by atoms with van der Waals surface area (Å²) in [6.07, 6.45) is 3.51. The van der Waals surface area contributed by atoms with Crippen LogP contribution in [-0.2, 0) is 14.6 Å². The molecular weight excluding hydrogens is 438 g/mol. The van der Waals surface area contributed by atoms with Crippen molar-refractivity contribution in [3.05, 3.63) is 47.3 Å². The van der Waals surface area contributed by atoms with E-state index in [9.17, 15) is 22.8 Å². The van der Waals surface area contributed by atoms with Gasteiger partial charge in [0, 0.05) is 19.4 Å². The molecule has 1 aromatic heterocycles. The monoisotopic (exact) mass is 461 g/mol. The van der Waals surface area contributed by atoms with E-state index in [1.54, 1.807) is 25.1 Å². The molecule has 32 heavy (non-hydrogen) atoms. The Kier molecular flexibility index (Phi) is 6.49. The highest BCUT2D eigenvalue weighted by molar-refractivity contribution is 7.90. The van der Waals surface area contributed by atoms with Crippen LogP contribution >= 0.6 is 0 Å². The van der Waals surface area contributed by atoms with E-state index in [4.69, 9.17) is 9.47 Å². The number of hydrogen-bond donors (Lipinski definition) is 1. The summed E-state index contributed by atoms with van der Waals surface area (Å²) in [7, 11) is -2.15. The van der Waals surface area contributed by atoms with Crippen molar-refractivity contribution in [1.29, 1.82) is 0 Å². The maximum Gasteiger partial charge on any atom is 0.264 e. The summed E-state index contributed by atoms with van der Waals surface area (Å²) < 4.78 is 35.3. The van der Waals surface area contributed by atoms with Crippen LogP contribution < -0.4 is 14.8 Å². The average molecular weight is 461 g/mol. The first-order chi connectivity index (χ1) is 15.1. The molecule has 1 aliphatic heterocycles. The number of methoxy groups -OCH3 is 1. The van der Waals surface area contributed by atoms with Gasteiger partial charge < -0.3 is 14.8 Å². The molecule has 2 aromatic rings. The molecule has 0 saturated heterocycles. The zero-order valence-electron chi connectivity index (χ0n) is 18.0. The lowest BCUT2D eigenvalue weighted by Gasteiger charge is -2.26. The van der Waals surface area contributed by atoms with E-state index in [1.165, 1.54) is 26.4 Å². The number of ether oxygens (including phenoxy) is 2. The number of fused-ring (bicyclic) bond motifs is 1. The number of imide groups is 1. The van der Waals surface area contributed by atoms with Gasteiger partial charge in [0.15, 0.2) is 11.5 Å². The molecule has 1 aliphatic rings. The molecule has 170 valence electrons. The standard InChI is InChI=1S/C21H23N3O7S/c1-5-31-18-8-13(6-7-17(18)30-3)16(11-32(4,28)29)24-20(26)14-9-22-10-15(23-12(2)25)19(14)21(24)27/h6-10,16H,5,11H2,1-4H3,(H,23,25). The maximum atomic E-state index is 13.3. The predicted octanol–water partition coefficient (Wildman–Crippen LogP) is 1.83. The lowest BCUT2D eigenvalue weighted by atomic mass is 10.1. The minimum absolute atomic E-state index is 0.0155. The number of anilines is 1. The van der Waals surface area contributed by atoms with Gasteiger partial charge in [-0.3, -0.25) is 24.3 Å². The molecule has 3 rings (SSSR count). The largest absolute Gasteiger partial charge is 0.493 e. The number of pyridine rings is 1. The lowest BCUT2D eigenvalue weighted by Crippen LogP contribution is -2.37. The van der Waals surface area contributed by atoms with Gasteiger partial charge in [0.05, 0.1) is 48.5 Å². The van der Waals surface area contributed by atoms with E-state index < -0.39 is 39.4 Å². The number of carbonyl (C=O) groups is 3. The number of sulfone groups is 1. The zero-order valence-corrected chi connectivity index (χ0v) is 18.9. The van der Waals surface area contributed by atoms with Crippen molar-refractivity contribution in [1.82, 2.24) is 9.88 Å². The predicted molar refractivity (Wildman–Crippen MR) is 116 cm³/mol. The Morgan fingerprint density at radius 1 is 1.19 bits per heavy atom. The summed E-state index contributed by atoms with van der Waals surface area (Å²) in [5.74, 6) is -1.59. The van der Waals surface area contributed by atoms with Gasteiger partial charge in [-0.05, 0) is 24.6 Å². The molecule has 0 bridgehead atoms.